The average Bonchev–Trinajstić information content (AvgIpc) is 2.17. The highest BCUT2D eigenvalue weighted by molar-refractivity contribution is 7.99. The molecule has 0 atom stereocenters. The van der Waals surface area contributed by atoms with Crippen molar-refractivity contribution in [2.24, 2.45) is 0 Å². The minimum atomic E-state index is 0.848. The molecule has 62 valence electrons. The minimum Gasteiger partial charge on any atom is -0.230 e. The molecule has 0 aromatic carbocycles. The number of hydrogen-bond acceptors (Lipinski definition) is 4. The zero-order valence-electron chi connectivity index (χ0n) is 6.65. The third kappa shape index (κ3) is 1.49. The largest absolute Gasteiger partial charge is 0.230 e. The number of nitrogens with zero attached hydrogens (tertiary/aromatic N) is 2. The normalized spacial score (nSPS) is 14.4. The molecule has 1 aliphatic rings. The van der Waals surface area contributed by atoms with E-state index in [0.717, 1.165) is 16.6 Å². The van der Waals surface area contributed by atoms with Gasteiger partial charge in [0.25, 0.3) is 0 Å². The molecule has 0 N–H and O–H groups in total. The summed E-state index contributed by atoms with van der Waals surface area (Å²) in [6.45, 7) is 0. The predicted octanol–water partition coefficient (Wildman–Crippen LogP) is 2.32. The van der Waals surface area contributed by atoms with Crippen LogP contribution in [0.15, 0.2) is 22.3 Å². The van der Waals surface area contributed by atoms with Gasteiger partial charge in [0, 0.05) is 11.9 Å². The molecule has 12 heavy (non-hydrogen) atoms. The van der Waals surface area contributed by atoms with Crippen molar-refractivity contribution in [3.63, 3.8) is 0 Å². The van der Waals surface area contributed by atoms with Crippen LogP contribution in [0.5, 0.6) is 0 Å². The second kappa shape index (κ2) is 3.49. The molecule has 1 aromatic heterocycles. The average molecular weight is 196 g/mol. The van der Waals surface area contributed by atoms with Crippen molar-refractivity contribution in [2.45, 2.75) is 10.1 Å². The Morgan fingerprint density at radius 2 is 2.50 bits per heavy atom. The Bertz CT molecular complexity index is 323. The van der Waals surface area contributed by atoms with E-state index < -0.39 is 0 Å². The van der Waals surface area contributed by atoms with E-state index in [1.807, 2.05) is 12.5 Å². The molecule has 2 nitrogen and oxygen atoms in total. The summed E-state index contributed by atoms with van der Waals surface area (Å²) < 4.78 is 0. The van der Waals surface area contributed by atoms with Crippen molar-refractivity contribution in [3.8, 4) is 0 Å². The first-order valence-corrected chi connectivity index (χ1v) is 5.81. The van der Waals surface area contributed by atoms with Crippen LogP contribution in [0, 0.1) is 0 Å². The molecule has 0 spiro atoms. The van der Waals surface area contributed by atoms with Crippen molar-refractivity contribution in [2.75, 3.05) is 12.0 Å². The van der Waals surface area contributed by atoms with Gasteiger partial charge in [-0.3, -0.25) is 0 Å². The van der Waals surface area contributed by atoms with E-state index in [2.05, 4.69) is 22.1 Å². The van der Waals surface area contributed by atoms with Crippen LogP contribution in [-0.2, 0) is 0 Å². The van der Waals surface area contributed by atoms with E-state index in [1.54, 1.807) is 23.5 Å². The van der Waals surface area contributed by atoms with Gasteiger partial charge in [-0.1, -0.05) is 17.8 Å². The van der Waals surface area contributed by atoms with Crippen LogP contribution in [0.3, 0.4) is 0 Å². The lowest BCUT2D eigenvalue weighted by molar-refractivity contribution is 0.920. The maximum absolute atomic E-state index is 4.38. The summed E-state index contributed by atoms with van der Waals surface area (Å²) in [5.74, 6) is 1.04. The van der Waals surface area contributed by atoms with Gasteiger partial charge in [-0.15, -0.1) is 11.8 Å². The van der Waals surface area contributed by atoms with Gasteiger partial charge < -0.3 is 0 Å². The summed E-state index contributed by atoms with van der Waals surface area (Å²) in [5, 5.41) is 0.848. The first-order chi connectivity index (χ1) is 5.90. The fourth-order valence-corrected chi connectivity index (χ4v) is 2.10. The first-order valence-electron chi connectivity index (χ1n) is 3.60. The van der Waals surface area contributed by atoms with Gasteiger partial charge in [0.2, 0.25) is 0 Å². The van der Waals surface area contributed by atoms with Crippen LogP contribution in [-0.4, -0.2) is 22.0 Å². The smallest absolute Gasteiger partial charge is 0.187 e. The Kier molecular flexibility index (Phi) is 2.37. The molecule has 0 unspecified atom stereocenters. The molecule has 0 bridgehead atoms. The Morgan fingerprint density at radius 1 is 1.58 bits per heavy atom. The molecule has 0 saturated carbocycles. The fourth-order valence-electron chi connectivity index (χ4n) is 0.994. The second-order valence-electron chi connectivity index (χ2n) is 2.32. The van der Waals surface area contributed by atoms with E-state index >= 15 is 0 Å². The minimum absolute atomic E-state index is 0.848. The quantitative estimate of drug-likeness (QED) is 0.508. The predicted molar refractivity (Wildman–Crippen MR) is 53.6 cm³/mol. The molecule has 0 aliphatic carbocycles. The third-order valence-corrected chi connectivity index (χ3v) is 3.10. The second-order valence-corrected chi connectivity index (χ2v) is 4.15. The summed E-state index contributed by atoms with van der Waals surface area (Å²) in [7, 11) is 0. The van der Waals surface area contributed by atoms with Gasteiger partial charge in [0.1, 0.15) is 0 Å². The highest BCUT2D eigenvalue weighted by Gasteiger charge is 2.07. The Labute approximate surface area is 79.9 Å². The van der Waals surface area contributed by atoms with E-state index in [1.165, 1.54) is 4.90 Å². The van der Waals surface area contributed by atoms with Crippen molar-refractivity contribution in [1.29, 1.82) is 0 Å². The topological polar surface area (TPSA) is 25.8 Å². The van der Waals surface area contributed by atoms with E-state index in [-0.39, 0.29) is 0 Å². The lowest BCUT2D eigenvalue weighted by Gasteiger charge is -2.07. The molecule has 1 aromatic rings. The maximum atomic E-state index is 4.38. The highest BCUT2D eigenvalue weighted by Crippen LogP contribution is 2.27. The summed E-state index contributed by atoms with van der Waals surface area (Å²) in [6.07, 6.45) is 8.08. The van der Waals surface area contributed by atoms with Crippen LogP contribution >= 0.6 is 23.5 Å². The molecular weight excluding hydrogens is 188 g/mol. The maximum Gasteiger partial charge on any atom is 0.187 e. The van der Waals surface area contributed by atoms with Crippen molar-refractivity contribution < 1.29 is 0 Å². The van der Waals surface area contributed by atoms with Gasteiger partial charge >= 0.3 is 0 Å². The van der Waals surface area contributed by atoms with Crippen LogP contribution in [0.2, 0.25) is 0 Å². The highest BCUT2D eigenvalue weighted by atomic mass is 32.2. The standard InChI is InChI=1S/C8H8N2S2/c1-11-8-9-5-7-6(10-8)3-2-4-12-7/h2-3,5H,4H2,1H3. The number of thioether (sulfide) groups is 2. The number of fused-ring (bicyclic) bond motifs is 1. The molecular formula is C8H8N2S2. The van der Waals surface area contributed by atoms with Gasteiger partial charge in [-0.2, -0.15) is 0 Å². The number of rotatable bonds is 1. The van der Waals surface area contributed by atoms with Crippen LogP contribution < -0.4 is 0 Å². The molecule has 4 heteroatoms. The summed E-state index contributed by atoms with van der Waals surface area (Å²) in [5.41, 5.74) is 1.06. The fraction of sp³-hybridized carbons (Fsp3) is 0.250. The summed E-state index contributed by atoms with van der Waals surface area (Å²) >= 11 is 3.36. The van der Waals surface area contributed by atoms with Crippen LogP contribution in [0.25, 0.3) is 6.08 Å². The monoisotopic (exact) mass is 196 g/mol. The van der Waals surface area contributed by atoms with Crippen LogP contribution in [0.1, 0.15) is 5.69 Å². The lowest BCUT2D eigenvalue weighted by atomic mass is 10.3. The molecule has 0 fully saturated rings. The van der Waals surface area contributed by atoms with E-state index in [0.29, 0.717) is 0 Å². The first kappa shape index (κ1) is 8.13. The molecule has 2 rings (SSSR count). The van der Waals surface area contributed by atoms with Gasteiger partial charge in [0.15, 0.2) is 5.16 Å². The molecule has 1 aliphatic heterocycles. The zero-order chi connectivity index (χ0) is 8.39. The molecule has 0 saturated heterocycles. The SMILES string of the molecule is CSc1ncc2c(n1)C=CCS2. The third-order valence-electron chi connectivity index (χ3n) is 1.55. The van der Waals surface area contributed by atoms with Crippen molar-refractivity contribution >= 4 is 29.6 Å². The summed E-state index contributed by atoms with van der Waals surface area (Å²) in [6, 6.07) is 0. The molecule has 0 amide bonds. The van der Waals surface area contributed by atoms with Gasteiger partial charge in [0.05, 0.1) is 10.6 Å². The van der Waals surface area contributed by atoms with Gasteiger partial charge in [-0.05, 0) is 12.3 Å². The molecule has 2 heterocycles. The summed E-state index contributed by atoms with van der Waals surface area (Å²) in [4.78, 5) is 9.77. The van der Waals surface area contributed by atoms with Crippen molar-refractivity contribution in [1.82, 2.24) is 9.97 Å². The Hall–Kier alpha value is -0.480. The van der Waals surface area contributed by atoms with Gasteiger partial charge in [-0.25, -0.2) is 9.97 Å². The zero-order valence-corrected chi connectivity index (χ0v) is 8.28. The Balaban J connectivity index is 2.44. The molecule has 0 radical (unpaired) electrons. The lowest BCUT2D eigenvalue weighted by Crippen LogP contribution is -1.95. The van der Waals surface area contributed by atoms with E-state index in [4.69, 9.17) is 0 Å². The Morgan fingerprint density at radius 3 is 3.33 bits per heavy atom. The van der Waals surface area contributed by atoms with Crippen molar-refractivity contribution in [3.05, 3.63) is 18.0 Å². The number of hydrogen-bond donors (Lipinski definition) is 0. The van der Waals surface area contributed by atoms with Crippen LogP contribution in [0.4, 0.5) is 0 Å². The van der Waals surface area contributed by atoms with E-state index in [9.17, 15) is 0 Å². The number of aromatic nitrogens is 2.